The van der Waals surface area contributed by atoms with Crippen molar-refractivity contribution in [3.8, 4) is 0 Å². The Morgan fingerprint density at radius 2 is 1.92 bits per heavy atom. The molecule has 1 aromatic rings. The lowest BCUT2D eigenvalue weighted by molar-refractivity contribution is -0.158. The molecule has 0 bridgehead atoms. The fraction of sp³-hybridized carbons (Fsp3) is 0.438. The van der Waals surface area contributed by atoms with Gasteiger partial charge in [0.25, 0.3) is 0 Å². The zero-order valence-corrected chi connectivity index (χ0v) is 13.7. The van der Waals surface area contributed by atoms with E-state index in [1.54, 1.807) is 6.07 Å². The maximum absolute atomic E-state index is 13.6. The molecule has 2 N–H and O–H groups in total. The molecule has 0 saturated carbocycles. The fourth-order valence-corrected chi connectivity index (χ4v) is 3.09. The molecule has 1 aromatic carbocycles. The van der Waals surface area contributed by atoms with E-state index in [1.165, 1.54) is 23.1 Å². The Morgan fingerprint density at radius 3 is 2.62 bits per heavy atom. The first kappa shape index (κ1) is 18.2. The van der Waals surface area contributed by atoms with Crippen molar-refractivity contribution >= 4 is 29.1 Å². The summed E-state index contributed by atoms with van der Waals surface area (Å²) in [7, 11) is 0. The van der Waals surface area contributed by atoms with Crippen LogP contribution in [0.2, 0.25) is 0 Å². The van der Waals surface area contributed by atoms with Gasteiger partial charge in [0.2, 0.25) is 17.7 Å². The first-order chi connectivity index (χ1) is 12.3. The molecule has 7 nitrogen and oxygen atoms in total. The number of alkyl halides is 3. The Balaban J connectivity index is 1.94. The van der Waals surface area contributed by atoms with Crippen LogP contribution >= 0.6 is 0 Å². The summed E-state index contributed by atoms with van der Waals surface area (Å²) in [6.07, 6.45) is -5.66. The van der Waals surface area contributed by atoms with Crippen molar-refractivity contribution in [2.45, 2.75) is 18.6 Å². The number of para-hydroxylation sites is 2. The molecule has 1 fully saturated rings. The topological polar surface area (TPSA) is 81.8 Å². The lowest BCUT2D eigenvalue weighted by atomic mass is 10.1. The van der Waals surface area contributed by atoms with Crippen LogP contribution in [-0.2, 0) is 14.4 Å². The average Bonchev–Trinajstić information content (AvgIpc) is 2.70. The first-order valence-electron chi connectivity index (χ1n) is 8.02. The minimum Gasteiger partial charge on any atom is -0.354 e. The molecule has 26 heavy (non-hydrogen) atoms. The van der Waals surface area contributed by atoms with E-state index in [2.05, 4.69) is 10.6 Å². The highest BCUT2D eigenvalue weighted by molar-refractivity contribution is 6.05. The van der Waals surface area contributed by atoms with Crippen molar-refractivity contribution in [3.05, 3.63) is 24.3 Å². The lowest BCUT2D eigenvalue weighted by Crippen LogP contribution is -2.55. The van der Waals surface area contributed by atoms with Crippen LogP contribution in [-0.4, -0.2) is 61.0 Å². The van der Waals surface area contributed by atoms with E-state index in [0.29, 0.717) is 18.0 Å². The minimum atomic E-state index is -4.77. The average molecular weight is 370 g/mol. The van der Waals surface area contributed by atoms with Gasteiger partial charge in [-0.3, -0.25) is 24.2 Å². The van der Waals surface area contributed by atoms with Gasteiger partial charge in [0.05, 0.1) is 30.9 Å². The maximum atomic E-state index is 13.6. The number of hydrogen-bond donors (Lipinski definition) is 2. The van der Waals surface area contributed by atoms with E-state index in [1.807, 2.05) is 0 Å². The molecule has 0 spiro atoms. The number of rotatable bonds is 2. The lowest BCUT2D eigenvalue weighted by Gasteiger charge is -2.34. The summed E-state index contributed by atoms with van der Waals surface area (Å²) in [5.41, 5.74) is 0.140. The van der Waals surface area contributed by atoms with Crippen LogP contribution in [0.1, 0.15) is 6.42 Å². The fourth-order valence-electron chi connectivity index (χ4n) is 3.09. The molecule has 2 aliphatic heterocycles. The van der Waals surface area contributed by atoms with Gasteiger partial charge in [0, 0.05) is 13.1 Å². The SMILES string of the molecule is O=C1CN(CC(=O)N2c3ccccc3NC(=O)C[C@H]2C(F)(F)F)CCN1. The van der Waals surface area contributed by atoms with Crippen LogP contribution < -0.4 is 15.5 Å². The van der Waals surface area contributed by atoms with Crippen molar-refractivity contribution in [2.24, 2.45) is 0 Å². The summed E-state index contributed by atoms with van der Waals surface area (Å²) in [6.45, 7) is 0.282. The predicted octanol–water partition coefficient (Wildman–Crippen LogP) is 0.724. The highest BCUT2D eigenvalue weighted by atomic mass is 19.4. The first-order valence-corrected chi connectivity index (χ1v) is 8.02. The number of halogens is 3. The molecule has 10 heteroatoms. The highest BCUT2D eigenvalue weighted by Gasteiger charge is 2.49. The largest absolute Gasteiger partial charge is 0.409 e. The van der Waals surface area contributed by atoms with Crippen LogP contribution in [0.5, 0.6) is 0 Å². The predicted molar refractivity (Wildman–Crippen MR) is 86.5 cm³/mol. The van der Waals surface area contributed by atoms with Gasteiger partial charge in [-0.25, -0.2) is 0 Å². The van der Waals surface area contributed by atoms with Gasteiger partial charge < -0.3 is 10.6 Å². The number of carbonyl (C=O) groups is 3. The van der Waals surface area contributed by atoms with E-state index < -0.39 is 30.5 Å². The summed E-state index contributed by atoms with van der Waals surface area (Å²) in [4.78, 5) is 38.2. The number of amides is 3. The van der Waals surface area contributed by atoms with E-state index >= 15 is 0 Å². The standard InChI is InChI=1S/C16H17F3N4O3/c17-16(18,19)12-7-13(24)21-10-3-1-2-4-11(10)23(12)15(26)9-22-6-5-20-14(25)8-22/h1-4,12H,5-9H2,(H,20,25)(H,21,24)/t12-/m0/s1. The second kappa shape index (κ2) is 6.94. The van der Waals surface area contributed by atoms with Gasteiger partial charge >= 0.3 is 6.18 Å². The van der Waals surface area contributed by atoms with E-state index in [-0.39, 0.29) is 30.4 Å². The van der Waals surface area contributed by atoms with E-state index in [0.717, 1.165) is 0 Å². The number of nitrogens with one attached hydrogen (secondary N) is 2. The molecule has 1 saturated heterocycles. The number of anilines is 2. The Hall–Kier alpha value is -2.62. The molecular weight excluding hydrogens is 353 g/mol. The quantitative estimate of drug-likeness (QED) is 0.804. The molecule has 3 rings (SSSR count). The van der Waals surface area contributed by atoms with Gasteiger partial charge in [-0.2, -0.15) is 13.2 Å². The molecule has 3 amide bonds. The summed E-state index contributed by atoms with van der Waals surface area (Å²) >= 11 is 0. The smallest absolute Gasteiger partial charge is 0.354 e. The molecular formula is C16H17F3N4O3. The molecule has 1 atom stereocenters. The van der Waals surface area contributed by atoms with Gasteiger partial charge in [0.1, 0.15) is 6.04 Å². The molecule has 2 aliphatic rings. The van der Waals surface area contributed by atoms with Gasteiger partial charge in [-0.05, 0) is 12.1 Å². The molecule has 140 valence electrons. The van der Waals surface area contributed by atoms with Gasteiger partial charge in [-0.15, -0.1) is 0 Å². The molecule has 2 heterocycles. The second-order valence-electron chi connectivity index (χ2n) is 6.15. The second-order valence-corrected chi connectivity index (χ2v) is 6.15. The maximum Gasteiger partial charge on any atom is 0.409 e. The van der Waals surface area contributed by atoms with Crippen molar-refractivity contribution in [2.75, 3.05) is 36.4 Å². The van der Waals surface area contributed by atoms with E-state index in [9.17, 15) is 27.6 Å². The zero-order valence-electron chi connectivity index (χ0n) is 13.7. The van der Waals surface area contributed by atoms with Crippen LogP contribution in [0.3, 0.4) is 0 Å². The van der Waals surface area contributed by atoms with Gasteiger partial charge in [-0.1, -0.05) is 12.1 Å². The van der Waals surface area contributed by atoms with Crippen molar-refractivity contribution in [1.82, 2.24) is 10.2 Å². The highest BCUT2D eigenvalue weighted by Crippen LogP contribution is 2.37. The number of fused-ring (bicyclic) bond motifs is 1. The number of piperazine rings is 1. The summed E-state index contributed by atoms with van der Waals surface area (Å²) in [5.74, 6) is -1.91. The third-order valence-electron chi connectivity index (χ3n) is 4.25. The van der Waals surface area contributed by atoms with Crippen LogP contribution in [0.25, 0.3) is 0 Å². The Morgan fingerprint density at radius 1 is 1.19 bits per heavy atom. The van der Waals surface area contributed by atoms with Crippen LogP contribution in [0.15, 0.2) is 24.3 Å². The molecule has 0 radical (unpaired) electrons. The van der Waals surface area contributed by atoms with Crippen LogP contribution in [0, 0.1) is 0 Å². The number of benzene rings is 1. The summed E-state index contributed by atoms with van der Waals surface area (Å²) < 4.78 is 40.8. The van der Waals surface area contributed by atoms with Crippen molar-refractivity contribution in [3.63, 3.8) is 0 Å². The summed E-state index contributed by atoms with van der Waals surface area (Å²) in [5, 5.41) is 5.00. The normalized spacial score (nSPS) is 21.5. The third-order valence-corrected chi connectivity index (χ3v) is 4.25. The molecule has 0 aromatic heterocycles. The Kier molecular flexibility index (Phi) is 4.86. The monoisotopic (exact) mass is 370 g/mol. The molecule has 0 aliphatic carbocycles. The summed E-state index contributed by atoms with van der Waals surface area (Å²) in [6, 6.07) is 3.60. The third kappa shape index (κ3) is 3.79. The number of nitrogens with zero attached hydrogens (tertiary/aromatic N) is 2. The van der Waals surface area contributed by atoms with Gasteiger partial charge in [0.15, 0.2) is 0 Å². The number of hydrogen-bond acceptors (Lipinski definition) is 4. The number of carbonyl (C=O) groups excluding carboxylic acids is 3. The van der Waals surface area contributed by atoms with E-state index in [4.69, 9.17) is 0 Å². The zero-order chi connectivity index (χ0) is 18.9. The minimum absolute atomic E-state index is 0.00728. The Bertz CT molecular complexity index is 738. The molecule has 0 unspecified atom stereocenters. The van der Waals surface area contributed by atoms with Crippen LogP contribution in [0.4, 0.5) is 24.5 Å². The Labute approximate surface area is 147 Å². The van der Waals surface area contributed by atoms with Crippen molar-refractivity contribution < 1.29 is 27.6 Å². The van der Waals surface area contributed by atoms with Crippen molar-refractivity contribution in [1.29, 1.82) is 0 Å².